The molecule has 1 aliphatic rings. The maximum absolute atomic E-state index is 13.9. The Bertz CT molecular complexity index is 1780. The number of nitrogens with zero attached hydrogens (tertiary/aromatic N) is 4. The van der Waals surface area contributed by atoms with Crippen LogP contribution in [0.1, 0.15) is 25.3 Å². The number of carbonyl (C=O) groups is 1. The van der Waals surface area contributed by atoms with Crippen molar-refractivity contribution in [3.8, 4) is 16.9 Å². The minimum atomic E-state index is -2.64. The molecule has 1 amide bonds. The number of rotatable bonds is 5. The number of halogens is 2. The van der Waals surface area contributed by atoms with Crippen molar-refractivity contribution in [1.82, 2.24) is 24.5 Å². The van der Waals surface area contributed by atoms with Gasteiger partial charge in [-0.1, -0.05) is 12.6 Å². The zero-order valence-electron chi connectivity index (χ0n) is 20.1. The van der Waals surface area contributed by atoms with Crippen LogP contribution in [0.3, 0.4) is 0 Å². The van der Waals surface area contributed by atoms with Crippen molar-refractivity contribution in [3.05, 3.63) is 77.7 Å². The minimum absolute atomic E-state index is 0.113. The molecule has 4 N–H and O–H groups in total. The molecule has 9 nitrogen and oxygen atoms in total. The molecule has 1 saturated carbocycles. The molecule has 3 aromatic heterocycles. The van der Waals surface area contributed by atoms with E-state index in [0.29, 0.717) is 28.9 Å². The fourth-order valence-electron chi connectivity index (χ4n) is 5.17. The van der Waals surface area contributed by atoms with Crippen molar-refractivity contribution in [2.75, 3.05) is 11.1 Å². The Morgan fingerprint density at radius 2 is 2.00 bits per heavy atom. The molecular formula is C27H23F2N7O2. The average molecular weight is 516 g/mol. The van der Waals surface area contributed by atoms with Crippen LogP contribution in [0.4, 0.5) is 20.3 Å². The Morgan fingerprint density at radius 3 is 2.71 bits per heavy atom. The van der Waals surface area contributed by atoms with E-state index in [-0.39, 0.29) is 36.1 Å². The Kier molecular flexibility index (Phi) is 5.37. The second kappa shape index (κ2) is 8.65. The van der Waals surface area contributed by atoms with Crippen LogP contribution < -0.4 is 16.6 Å². The van der Waals surface area contributed by atoms with Crippen molar-refractivity contribution < 1.29 is 13.6 Å². The van der Waals surface area contributed by atoms with Gasteiger partial charge in [0, 0.05) is 47.2 Å². The second-order valence-electron chi connectivity index (χ2n) is 9.41. The van der Waals surface area contributed by atoms with Crippen molar-refractivity contribution in [2.45, 2.75) is 31.2 Å². The molecule has 192 valence electrons. The van der Waals surface area contributed by atoms with Crippen LogP contribution in [0.15, 0.2) is 72.2 Å². The Morgan fingerprint density at radius 1 is 1.21 bits per heavy atom. The van der Waals surface area contributed by atoms with Crippen LogP contribution in [0.2, 0.25) is 0 Å². The summed E-state index contributed by atoms with van der Waals surface area (Å²) in [4.78, 5) is 24.3. The normalized spacial score (nSPS) is 16.7. The molecule has 3 heterocycles. The van der Waals surface area contributed by atoms with Crippen LogP contribution in [0, 0.1) is 0 Å². The fraction of sp³-hybridized carbons (Fsp3) is 0.185. The monoisotopic (exact) mass is 515 g/mol. The zero-order valence-corrected chi connectivity index (χ0v) is 20.1. The molecular weight excluding hydrogens is 492 g/mol. The molecule has 0 radical (unpaired) electrons. The molecule has 1 aliphatic carbocycles. The van der Waals surface area contributed by atoms with E-state index < -0.39 is 11.5 Å². The molecule has 0 saturated heterocycles. The van der Waals surface area contributed by atoms with Gasteiger partial charge in [0.1, 0.15) is 0 Å². The largest absolute Gasteiger partial charge is 0.382 e. The highest BCUT2D eigenvalue weighted by molar-refractivity contribution is 6.02. The number of nitrogens with one attached hydrogen (secondary N) is 2. The first-order chi connectivity index (χ1) is 18.2. The Balaban J connectivity index is 1.49. The molecule has 1 atom stereocenters. The summed E-state index contributed by atoms with van der Waals surface area (Å²) in [7, 11) is 0. The molecule has 0 spiro atoms. The number of fused-ring (bicyclic) bond motifs is 2. The summed E-state index contributed by atoms with van der Waals surface area (Å²) in [6.45, 7) is 3.45. The standard InChI is InChI=1S/C27H23F2N7O2/c1-2-21(37)31-17-4-6-18(7-5-17)36-24(22-23(34-36)26(38)33-32-25(22)30)16-3-8-20-15(13-16)10-12-35(20)19-9-11-27(28,29)14-19/h2-8,10,12-13,19H,1,9,11,14H2,(H2,30,32)(H,31,37)(H,33,38). The van der Waals surface area contributed by atoms with Crippen molar-refractivity contribution in [3.63, 3.8) is 0 Å². The van der Waals surface area contributed by atoms with E-state index in [4.69, 9.17) is 5.73 Å². The highest BCUT2D eigenvalue weighted by Gasteiger charge is 2.40. The van der Waals surface area contributed by atoms with Gasteiger partial charge in [-0.25, -0.2) is 18.6 Å². The zero-order chi connectivity index (χ0) is 26.6. The number of alkyl halides is 2. The molecule has 1 fully saturated rings. The van der Waals surface area contributed by atoms with Gasteiger partial charge in [-0.05, 0) is 55.0 Å². The van der Waals surface area contributed by atoms with Gasteiger partial charge >= 0.3 is 0 Å². The van der Waals surface area contributed by atoms with Crippen LogP contribution in [-0.4, -0.2) is 36.4 Å². The number of nitrogens with two attached hydrogens (primary N) is 1. The van der Waals surface area contributed by atoms with Gasteiger partial charge in [0.2, 0.25) is 11.8 Å². The van der Waals surface area contributed by atoms with Crippen LogP contribution in [-0.2, 0) is 4.79 Å². The molecule has 6 rings (SSSR count). The Labute approximate surface area is 214 Å². The van der Waals surface area contributed by atoms with Gasteiger partial charge in [-0.3, -0.25) is 9.59 Å². The second-order valence-corrected chi connectivity index (χ2v) is 9.41. The van der Waals surface area contributed by atoms with Crippen molar-refractivity contribution in [2.24, 2.45) is 0 Å². The maximum atomic E-state index is 13.9. The predicted octanol–water partition coefficient (Wildman–Crippen LogP) is 4.80. The van der Waals surface area contributed by atoms with E-state index in [1.165, 1.54) is 6.08 Å². The number of nitrogen functional groups attached to an aromatic ring is 1. The summed E-state index contributed by atoms with van der Waals surface area (Å²) in [5, 5.41) is 14.8. The van der Waals surface area contributed by atoms with E-state index in [2.05, 4.69) is 27.2 Å². The number of carbonyl (C=O) groups excluding carboxylic acids is 1. The SMILES string of the molecule is C=CC(=O)Nc1ccc(-n2nc3c(=O)[nH]nc(N)c3c2-c2ccc3c(ccn3C3CCC(F)(F)C3)c2)cc1. The number of hydrogen-bond donors (Lipinski definition) is 3. The van der Waals surface area contributed by atoms with E-state index in [9.17, 15) is 18.4 Å². The van der Waals surface area contributed by atoms with E-state index in [0.717, 1.165) is 16.5 Å². The van der Waals surface area contributed by atoms with E-state index in [1.54, 1.807) is 28.9 Å². The van der Waals surface area contributed by atoms with Gasteiger partial charge in [0.15, 0.2) is 11.3 Å². The van der Waals surface area contributed by atoms with Crippen molar-refractivity contribution >= 4 is 39.2 Å². The summed E-state index contributed by atoms with van der Waals surface area (Å²) in [5.74, 6) is -2.87. The quantitative estimate of drug-likeness (QED) is 0.290. The molecule has 38 heavy (non-hydrogen) atoms. The van der Waals surface area contributed by atoms with Gasteiger partial charge in [-0.2, -0.15) is 10.2 Å². The third-order valence-electron chi connectivity index (χ3n) is 6.96. The molecule has 2 aromatic carbocycles. The number of aromatic nitrogens is 5. The van der Waals surface area contributed by atoms with E-state index in [1.807, 2.05) is 35.0 Å². The molecule has 0 bridgehead atoms. The van der Waals surface area contributed by atoms with Gasteiger partial charge < -0.3 is 15.6 Å². The highest BCUT2D eigenvalue weighted by Crippen LogP contribution is 2.43. The first kappa shape index (κ1) is 23.6. The van der Waals surface area contributed by atoms with Crippen LogP contribution in [0.5, 0.6) is 0 Å². The Hall–Kier alpha value is -4.80. The van der Waals surface area contributed by atoms with Gasteiger partial charge in [0.05, 0.1) is 16.8 Å². The highest BCUT2D eigenvalue weighted by atomic mass is 19.3. The van der Waals surface area contributed by atoms with Gasteiger partial charge in [0.25, 0.3) is 5.56 Å². The van der Waals surface area contributed by atoms with Crippen LogP contribution in [0.25, 0.3) is 38.8 Å². The third kappa shape index (κ3) is 3.92. The summed E-state index contributed by atoms with van der Waals surface area (Å²) in [5.41, 5.74) is 9.16. The van der Waals surface area contributed by atoms with Crippen LogP contribution >= 0.6 is 0 Å². The van der Waals surface area contributed by atoms with Crippen molar-refractivity contribution in [1.29, 1.82) is 0 Å². The summed E-state index contributed by atoms with van der Waals surface area (Å²) >= 11 is 0. The summed E-state index contributed by atoms with van der Waals surface area (Å²) in [6.07, 6.45) is 3.15. The summed E-state index contributed by atoms with van der Waals surface area (Å²) in [6, 6.07) is 14.2. The molecule has 0 aliphatic heterocycles. The lowest BCUT2D eigenvalue weighted by molar-refractivity contribution is -0.111. The lowest BCUT2D eigenvalue weighted by Crippen LogP contribution is -2.11. The smallest absolute Gasteiger partial charge is 0.292 e. The van der Waals surface area contributed by atoms with Gasteiger partial charge in [-0.15, -0.1) is 0 Å². The molecule has 11 heteroatoms. The number of aromatic amines is 1. The average Bonchev–Trinajstić information content (AvgIpc) is 3.61. The number of benzene rings is 2. The number of anilines is 2. The minimum Gasteiger partial charge on any atom is -0.382 e. The lowest BCUT2D eigenvalue weighted by Gasteiger charge is -2.15. The topological polar surface area (TPSA) is 124 Å². The number of hydrogen-bond acceptors (Lipinski definition) is 5. The lowest BCUT2D eigenvalue weighted by atomic mass is 10.1. The number of amides is 1. The summed E-state index contributed by atoms with van der Waals surface area (Å²) < 4.78 is 31.3. The fourth-order valence-corrected chi connectivity index (χ4v) is 5.17. The first-order valence-corrected chi connectivity index (χ1v) is 12.0. The van der Waals surface area contributed by atoms with E-state index >= 15 is 0 Å². The molecule has 5 aromatic rings. The number of H-pyrrole nitrogens is 1. The maximum Gasteiger partial charge on any atom is 0.292 e. The predicted molar refractivity (Wildman–Crippen MR) is 141 cm³/mol. The molecule has 1 unspecified atom stereocenters. The third-order valence-corrected chi connectivity index (χ3v) is 6.96. The first-order valence-electron chi connectivity index (χ1n) is 12.0.